The van der Waals surface area contributed by atoms with Crippen LogP contribution in [0.25, 0.3) is 0 Å². The minimum Gasteiger partial charge on any atom is -0.323 e. The Hall–Kier alpha value is -3.48. The van der Waals surface area contributed by atoms with Gasteiger partial charge in [0.15, 0.2) is 0 Å². The van der Waals surface area contributed by atoms with Crippen molar-refractivity contribution in [3.63, 3.8) is 0 Å². The molecule has 6 rings (SSSR count). The zero-order chi connectivity index (χ0) is 24.2. The lowest BCUT2D eigenvalue weighted by Gasteiger charge is -2.29. The van der Waals surface area contributed by atoms with Gasteiger partial charge in [-0.3, -0.25) is 24.6 Å². The van der Waals surface area contributed by atoms with Gasteiger partial charge in [-0.25, -0.2) is 0 Å². The van der Waals surface area contributed by atoms with E-state index in [2.05, 4.69) is 10.6 Å². The Labute approximate surface area is 208 Å². The molecule has 7 heteroatoms. The molecule has 176 valence electrons. The first kappa shape index (κ1) is 22.0. The summed E-state index contributed by atoms with van der Waals surface area (Å²) in [6.07, 6.45) is 1.09. The van der Waals surface area contributed by atoms with Gasteiger partial charge >= 0.3 is 0 Å². The van der Waals surface area contributed by atoms with Gasteiger partial charge in [-0.2, -0.15) is 0 Å². The third-order valence-corrected chi connectivity index (χ3v) is 7.87. The smallest absolute Gasteiger partial charge is 0.250 e. The summed E-state index contributed by atoms with van der Waals surface area (Å²) in [6.45, 7) is 0.285. The molecule has 4 atom stereocenters. The number of benzene rings is 3. The second-order valence-corrected chi connectivity index (χ2v) is 9.84. The van der Waals surface area contributed by atoms with Gasteiger partial charge in [0.05, 0.1) is 22.5 Å². The standard InChI is InChI=1S/C28H24ClN3O3/c29-20-13-7-12-19-24(20)30-27(35)28(19)23-22(21(31-28)16-18-10-5-2-6-11-18)25(33)32(26(23)34)15-14-17-8-3-1-4-9-17/h1-13,21-23,31H,14-16H2,(H,30,35). The highest BCUT2D eigenvalue weighted by Gasteiger charge is 2.70. The largest absolute Gasteiger partial charge is 0.323 e. The lowest BCUT2D eigenvalue weighted by atomic mass is 9.76. The highest BCUT2D eigenvalue weighted by Crippen LogP contribution is 2.54. The quantitative estimate of drug-likeness (QED) is 0.542. The Morgan fingerprint density at radius 1 is 0.829 bits per heavy atom. The lowest BCUT2D eigenvalue weighted by molar-refractivity contribution is -0.142. The maximum Gasteiger partial charge on any atom is 0.250 e. The second-order valence-electron chi connectivity index (χ2n) is 9.43. The van der Waals surface area contributed by atoms with Crippen LogP contribution in [0.4, 0.5) is 5.69 Å². The number of carbonyl (C=O) groups is 3. The summed E-state index contributed by atoms with van der Waals surface area (Å²) in [4.78, 5) is 42.6. The number of halogens is 1. The number of hydrogen-bond donors (Lipinski definition) is 2. The van der Waals surface area contributed by atoms with Gasteiger partial charge in [0.2, 0.25) is 17.7 Å². The number of likely N-dealkylation sites (tertiary alicyclic amines) is 1. The van der Waals surface area contributed by atoms with E-state index in [1.165, 1.54) is 4.90 Å². The molecule has 2 N–H and O–H groups in total. The van der Waals surface area contributed by atoms with Gasteiger partial charge in [-0.15, -0.1) is 0 Å². The molecule has 2 fully saturated rings. The predicted molar refractivity (Wildman–Crippen MR) is 133 cm³/mol. The molecule has 0 aliphatic carbocycles. The Balaban J connectivity index is 1.41. The summed E-state index contributed by atoms with van der Waals surface area (Å²) in [5.41, 5.74) is 1.89. The molecule has 4 unspecified atom stereocenters. The van der Waals surface area contributed by atoms with Crippen molar-refractivity contribution in [2.45, 2.75) is 24.4 Å². The maximum atomic E-state index is 13.9. The zero-order valence-corrected chi connectivity index (χ0v) is 19.7. The molecule has 3 aromatic carbocycles. The van der Waals surface area contributed by atoms with Crippen LogP contribution in [0.2, 0.25) is 5.02 Å². The van der Waals surface area contributed by atoms with Crippen LogP contribution in [0.5, 0.6) is 0 Å². The van der Waals surface area contributed by atoms with Gasteiger partial charge in [0, 0.05) is 18.2 Å². The fourth-order valence-corrected chi connectivity index (χ4v) is 6.22. The molecule has 3 aliphatic rings. The van der Waals surface area contributed by atoms with Crippen LogP contribution in [0.1, 0.15) is 16.7 Å². The van der Waals surface area contributed by atoms with Crippen molar-refractivity contribution in [3.05, 3.63) is 101 Å². The number of carbonyl (C=O) groups excluding carboxylic acids is 3. The maximum absolute atomic E-state index is 13.9. The van der Waals surface area contributed by atoms with E-state index in [-0.39, 0.29) is 30.3 Å². The molecule has 0 bridgehead atoms. The molecule has 3 aromatic rings. The van der Waals surface area contributed by atoms with Crippen LogP contribution >= 0.6 is 11.6 Å². The summed E-state index contributed by atoms with van der Waals surface area (Å²) in [6, 6.07) is 24.5. The van der Waals surface area contributed by atoms with Crippen LogP contribution in [0, 0.1) is 11.8 Å². The van der Waals surface area contributed by atoms with E-state index in [9.17, 15) is 14.4 Å². The molecule has 2 saturated heterocycles. The zero-order valence-electron chi connectivity index (χ0n) is 18.9. The molecule has 0 saturated carbocycles. The molecule has 35 heavy (non-hydrogen) atoms. The van der Waals surface area contributed by atoms with Crippen molar-refractivity contribution in [3.8, 4) is 0 Å². The lowest BCUT2D eigenvalue weighted by Crippen LogP contribution is -2.53. The van der Waals surface area contributed by atoms with E-state index in [1.807, 2.05) is 66.7 Å². The number of imide groups is 1. The van der Waals surface area contributed by atoms with Gasteiger partial charge in [0.1, 0.15) is 5.54 Å². The fraction of sp³-hybridized carbons (Fsp3) is 0.250. The monoisotopic (exact) mass is 485 g/mol. The molecule has 3 aliphatic heterocycles. The Kier molecular flexibility index (Phi) is 5.24. The first-order valence-corrected chi connectivity index (χ1v) is 12.2. The van der Waals surface area contributed by atoms with E-state index in [0.29, 0.717) is 29.1 Å². The van der Waals surface area contributed by atoms with E-state index in [1.54, 1.807) is 12.1 Å². The minimum atomic E-state index is -1.33. The first-order chi connectivity index (χ1) is 17.0. The van der Waals surface area contributed by atoms with Crippen molar-refractivity contribution in [1.82, 2.24) is 10.2 Å². The molecule has 3 heterocycles. The number of fused-ring (bicyclic) bond motifs is 4. The van der Waals surface area contributed by atoms with Crippen LogP contribution < -0.4 is 10.6 Å². The summed E-state index contributed by atoms with van der Waals surface area (Å²) < 4.78 is 0. The highest BCUT2D eigenvalue weighted by atomic mass is 35.5. The molecule has 0 radical (unpaired) electrons. The van der Waals surface area contributed by atoms with Crippen molar-refractivity contribution < 1.29 is 14.4 Å². The van der Waals surface area contributed by atoms with Crippen molar-refractivity contribution in [2.24, 2.45) is 11.8 Å². The summed E-state index contributed by atoms with van der Waals surface area (Å²) in [5, 5.41) is 6.77. The Morgan fingerprint density at radius 3 is 2.23 bits per heavy atom. The van der Waals surface area contributed by atoms with Gasteiger partial charge in [0.25, 0.3) is 0 Å². The SMILES string of the molecule is O=C1C2C(Cc3ccccc3)NC3(C(=O)Nc4c(Cl)cccc43)C2C(=O)N1CCc1ccccc1. The summed E-state index contributed by atoms with van der Waals surface area (Å²) >= 11 is 6.41. The third kappa shape index (κ3) is 3.32. The molecule has 1 spiro atoms. The average molecular weight is 486 g/mol. The highest BCUT2D eigenvalue weighted by molar-refractivity contribution is 6.35. The molecule has 6 nitrogen and oxygen atoms in total. The number of amides is 3. The van der Waals surface area contributed by atoms with Crippen molar-refractivity contribution in [2.75, 3.05) is 11.9 Å². The second kappa shape index (κ2) is 8.33. The van der Waals surface area contributed by atoms with Crippen molar-refractivity contribution >= 4 is 35.0 Å². The number of para-hydroxylation sites is 1. The van der Waals surface area contributed by atoms with E-state index >= 15 is 0 Å². The van der Waals surface area contributed by atoms with Crippen LogP contribution in [-0.2, 0) is 32.8 Å². The number of hydrogen-bond acceptors (Lipinski definition) is 4. The number of nitrogens with zero attached hydrogens (tertiary/aromatic N) is 1. The minimum absolute atomic E-state index is 0.218. The summed E-state index contributed by atoms with van der Waals surface area (Å²) in [7, 11) is 0. The topological polar surface area (TPSA) is 78.5 Å². The predicted octanol–water partition coefficient (Wildman–Crippen LogP) is 3.55. The molecule has 0 aromatic heterocycles. The molecular formula is C28H24ClN3O3. The van der Waals surface area contributed by atoms with Gasteiger partial charge in [-0.1, -0.05) is 84.4 Å². The van der Waals surface area contributed by atoms with Gasteiger partial charge < -0.3 is 5.32 Å². The summed E-state index contributed by atoms with van der Waals surface area (Å²) in [5.74, 6) is -2.34. The van der Waals surface area contributed by atoms with E-state index < -0.39 is 17.4 Å². The van der Waals surface area contributed by atoms with Crippen LogP contribution in [-0.4, -0.2) is 35.2 Å². The number of anilines is 1. The molecular weight excluding hydrogens is 462 g/mol. The van der Waals surface area contributed by atoms with Gasteiger partial charge in [-0.05, 0) is 30.0 Å². The van der Waals surface area contributed by atoms with Crippen molar-refractivity contribution in [1.29, 1.82) is 0 Å². The van der Waals surface area contributed by atoms with Crippen LogP contribution in [0.3, 0.4) is 0 Å². The Morgan fingerprint density at radius 2 is 1.51 bits per heavy atom. The Bertz CT molecular complexity index is 1330. The number of nitrogens with one attached hydrogen (secondary N) is 2. The number of rotatable bonds is 5. The normalized spacial score (nSPS) is 26.8. The fourth-order valence-electron chi connectivity index (χ4n) is 6.00. The first-order valence-electron chi connectivity index (χ1n) is 11.8. The van der Waals surface area contributed by atoms with Crippen LogP contribution in [0.15, 0.2) is 78.9 Å². The average Bonchev–Trinajstić information content (AvgIpc) is 3.45. The van der Waals surface area contributed by atoms with E-state index in [4.69, 9.17) is 11.6 Å². The van der Waals surface area contributed by atoms with E-state index in [0.717, 1.165) is 11.1 Å². The molecule has 3 amide bonds. The third-order valence-electron chi connectivity index (χ3n) is 7.56.